The molecule has 0 saturated heterocycles. The highest BCUT2D eigenvalue weighted by atomic mass is 16.4. The average Bonchev–Trinajstić information content (AvgIpc) is 2.50. The van der Waals surface area contributed by atoms with E-state index in [0.717, 1.165) is 11.9 Å². The largest absolute Gasteiger partial charge is 0.478 e. The summed E-state index contributed by atoms with van der Waals surface area (Å²) in [6, 6.07) is -0.0712. The fourth-order valence-electron chi connectivity index (χ4n) is 1.02. The van der Waals surface area contributed by atoms with Gasteiger partial charge in [-0.25, -0.2) is 4.79 Å². The molecule has 0 radical (unpaired) electrons. The average molecular weight is 196 g/mol. The molecule has 0 bridgehead atoms. The smallest absolute Gasteiger partial charge is 0.329 e. The van der Waals surface area contributed by atoms with E-state index in [1.165, 1.54) is 6.20 Å². The van der Waals surface area contributed by atoms with E-state index in [1.807, 2.05) is 14.0 Å². The lowest BCUT2D eigenvalue weighted by Crippen LogP contribution is -2.16. The van der Waals surface area contributed by atoms with Crippen molar-refractivity contribution in [2.75, 3.05) is 0 Å². The fraction of sp³-hybridized carbons (Fsp3) is 0.375. The minimum absolute atomic E-state index is 0.0712. The normalized spacial score (nSPS) is 13.0. The number of nitrogens with one attached hydrogen (secondary N) is 1. The summed E-state index contributed by atoms with van der Waals surface area (Å²) in [6.07, 6.45) is 4.00. The van der Waals surface area contributed by atoms with Gasteiger partial charge < -0.3 is 15.0 Å². The van der Waals surface area contributed by atoms with Crippen LogP contribution in [0.4, 0.5) is 0 Å². The third-order valence-electron chi connectivity index (χ3n) is 1.71. The number of carboxylic acid groups (broad SMARTS) is 1. The Hall–Kier alpha value is -1.85. The van der Waals surface area contributed by atoms with Crippen molar-refractivity contribution in [3.05, 3.63) is 24.4 Å². The van der Waals surface area contributed by atoms with Gasteiger partial charge in [-0.2, -0.15) is 0 Å². The summed E-state index contributed by atoms with van der Waals surface area (Å²) in [5.74, 6) is -0.234. The van der Waals surface area contributed by atoms with Crippen LogP contribution in [0.15, 0.2) is 18.6 Å². The number of aryl methyl sites for hydroxylation is 1. The predicted octanol–water partition coefficient (Wildman–Crippen LogP) is 0.0640. The molecular weight excluding hydrogens is 184 g/mol. The van der Waals surface area contributed by atoms with Crippen molar-refractivity contribution >= 4 is 5.97 Å². The summed E-state index contributed by atoms with van der Waals surface area (Å²) in [4.78, 5) is 10.2. The Balaban J connectivity index is 2.55. The molecule has 0 aliphatic carbocycles. The Morgan fingerprint density at radius 3 is 3.00 bits per heavy atom. The first-order valence-electron chi connectivity index (χ1n) is 4.10. The molecule has 0 fully saturated rings. The maximum Gasteiger partial charge on any atom is 0.329 e. The van der Waals surface area contributed by atoms with Crippen molar-refractivity contribution < 1.29 is 9.90 Å². The van der Waals surface area contributed by atoms with Crippen molar-refractivity contribution in [3.8, 4) is 0 Å². The molecule has 1 atom stereocenters. The molecule has 6 heteroatoms. The van der Waals surface area contributed by atoms with Crippen LogP contribution in [0.1, 0.15) is 18.8 Å². The van der Waals surface area contributed by atoms with Crippen molar-refractivity contribution in [2.45, 2.75) is 13.0 Å². The van der Waals surface area contributed by atoms with Crippen molar-refractivity contribution in [1.29, 1.82) is 0 Å². The fourth-order valence-corrected chi connectivity index (χ4v) is 1.02. The monoisotopic (exact) mass is 196 g/mol. The predicted molar refractivity (Wildman–Crippen MR) is 49.3 cm³/mol. The molecule has 1 heterocycles. The van der Waals surface area contributed by atoms with Gasteiger partial charge in [-0.3, -0.25) is 0 Å². The van der Waals surface area contributed by atoms with Crippen LogP contribution in [0.2, 0.25) is 0 Å². The molecule has 0 spiro atoms. The van der Waals surface area contributed by atoms with Crippen LogP contribution in [0.5, 0.6) is 0 Å². The molecule has 0 aliphatic heterocycles. The van der Waals surface area contributed by atoms with Gasteiger partial charge in [-0.1, -0.05) is 0 Å². The van der Waals surface area contributed by atoms with E-state index in [1.54, 1.807) is 10.9 Å². The molecule has 0 amide bonds. The molecule has 1 aromatic rings. The van der Waals surface area contributed by atoms with Crippen LogP contribution in [-0.4, -0.2) is 25.8 Å². The van der Waals surface area contributed by atoms with Gasteiger partial charge in [0.1, 0.15) is 6.33 Å². The Bertz CT molecular complexity index is 345. The SMILES string of the molecule is CC(N/C=C/C(=O)O)c1nncn1C. The molecule has 1 rings (SSSR count). The highest BCUT2D eigenvalue weighted by Gasteiger charge is 2.08. The Kier molecular flexibility index (Phi) is 3.22. The van der Waals surface area contributed by atoms with E-state index >= 15 is 0 Å². The van der Waals surface area contributed by atoms with Crippen molar-refractivity contribution in [2.24, 2.45) is 7.05 Å². The molecule has 1 aromatic heterocycles. The quantitative estimate of drug-likeness (QED) is 0.666. The minimum atomic E-state index is -0.984. The second-order valence-electron chi connectivity index (χ2n) is 2.86. The van der Waals surface area contributed by atoms with E-state index in [4.69, 9.17) is 5.11 Å². The standard InChI is InChI=1S/C8H12N4O2/c1-6(9-4-3-7(13)14)8-11-10-5-12(8)2/h3-6,9H,1-2H3,(H,13,14)/b4-3+. The second-order valence-corrected chi connectivity index (χ2v) is 2.86. The first kappa shape index (κ1) is 10.2. The summed E-state index contributed by atoms with van der Waals surface area (Å²) >= 11 is 0. The lowest BCUT2D eigenvalue weighted by Gasteiger charge is -2.09. The molecular formula is C8H12N4O2. The van der Waals surface area contributed by atoms with E-state index in [0.29, 0.717) is 0 Å². The van der Waals surface area contributed by atoms with Gasteiger partial charge in [0.15, 0.2) is 5.82 Å². The van der Waals surface area contributed by atoms with Gasteiger partial charge in [-0.15, -0.1) is 10.2 Å². The highest BCUT2D eigenvalue weighted by Crippen LogP contribution is 2.06. The Morgan fingerprint density at radius 1 is 1.79 bits per heavy atom. The summed E-state index contributed by atoms with van der Waals surface area (Å²) in [5.41, 5.74) is 0. The molecule has 2 N–H and O–H groups in total. The van der Waals surface area contributed by atoms with Gasteiger partial charge >= 0.3 is 5.97 Å². The number of hydrogen-bond acceptors (Lipinski definition) is 4. The number of hydrogen-bond donors (Lipinski definition) is 2. The topological polar surface area (TPSA) is 80.0 Å². The number of aliphatic carboxylic acids is 1. The number of aromatic nitrogens is 3. The molecule has 0 saturated carbocycles. The number of carbonyl (C=O) groups is 1. The van der Waals surface area contributed by atoms with Crippen molar-refractivity contribution in [1.82, 2.24) is 20.1 Å². The van der Waals surface area contributed by atoms with E-state index < -0.39 is 5.97 Å². The summed E-state index contributed by atoms with van der Waals surface area (Å²) in [7, 11) is 1.83. The summed E-state index contributed by atoms with van der Waals surface area (Å²) in [5, 5.41) is 18.8. The van der Waals surface area contributed by atoms with Gasteiger partial charge in [0.05, 0.1) is 6.04 Å². The van der Waals surface area contributed by atoms with E-state index in [-0.39, 0.29) is 6.04 Å². The minimum Gasteiger partial charge on any atom is -0.478 e. The lowest BCUT2D eigenvalue weighted by molar-refractivity contribution is -0.131. The number of rotatable bonds is 4. The van der Waals surface area contributed by atoms with Crippen LogP contribution in [-0.2, 0) is 11.8 Å². The van der Waals surface area contributed by atoms with Gasteiger partial charge in [0.25, 0.3) is 0 Å². The van der Waals surface area contributed by atoms with Crippen LogP contribution >= 0.6 is 0 Å². The van der Waals surface area contributed by atoms with Crippen LogP contribution in [0.25, 0.3) is 0 Å². The third-order valence-corrected chi connectivity index (χ3v) is 1.71. The molecule has 14 heavy (non-hydrogen) atoms. The van der Waals surface area contributed by atoms with Gasteiger partial charge in [0.2, 0.25) is 0 Å². The molecule has 0 aromatic carbocycles. The van der Waals surface area contributed by atoms with Gasteiger partial charge in [-0.05, 0) is 6.92 Å². The Labute approximate surface area is 81.3 Å². The van der Waals surface area contributed by atoms with Crippen molar-refractivity contribution in [3.63, 3.8) is 0 Å². The maximum atomic E-state index is 10.2. The lowest BCUT2D eigenvalue weighted by atomic mass is 10.3. The van der Waals surface area contributed by atoms with Crippen LogP contribution in [0, 0.1) is 0 Å². The molecule has 76 valence electrons. The molecule has 0 aliphatic rings. The first-order chi connectivity index (χ1) is 6.61. The number of carboxylic acids is 1. The van der Waals surface area contributed by atoms with Crippen LogP contribution in [0.3, 0.4) is 0 Å². The molecule has 6 nitrogen and oxygen atoms in total. The highest BCUT2D eigenvalue weighted by molar-refractivity contribution is 5.79. The maximum absolute atomic E-state index is 10.2. The number of nitrogens with zero attached hydrogens (tertiary/aromatic N) is 3. The Morgan fingerprint density at radius 2 is 2.50 bits per heavy atom. The summed E-state index contributed by atoms with van der Waals surface area (Å²) < 4.78 is 1.77. The molecule has 1 unspecified atom stereocenters. The van der Waals surface area contributed by atoms with Crippen LogP contribution < -0.4 is 5.32 Å². The summed E-state index contributed by atoms with van der Waals surface area (Å²) in [6.45, 7) is 1.87. The zero-order valence-electron chi connectivity index (χ0n) is 8.01. The zero-order valence-corrected chi connectivity index (χ0v) is 8.01. The van der Waals surface area contributed by atoms with E-state index in [2.05, 4.69) is 15.5 Å². The third kappa shape index (κ3) is 2.58. The zero-order chi connectivity index (χ0) is 10.6. The van der Waals surface area contributed by atoms with E-state index in [9.17, 15) is 4.79 Å². The second kappa shape index (κ2) is 4.40. The first-order valence-corrected chi connectivity index (χ1v) is 4.10. The van der Waals surface area contributed by atoms with Gasteiger partial charge in [0, 0.05) is 19.3 Å².